The van der Waals surface area contributed by atoms with Crippen LogP contribution in [0.4, 0.5) is 28.0 Å². The van der Waals surface area contributed by atoms with E-state index >= 15 is 0 Å². The summed E-state index contributed by atoms with van der Waals surface area (Å²) in [6.45, 7) is 4.60. The second-order valence-corrected chi connectivity index (χ2v) is 5.72. The monoisotopic (exact) mass is 412 g/mol. The number of esters is 1. The summed E-state index contributed by atoms with van der Waals surface area (Å²) in [7, 11) is 0. The van der Waals surface area contributed by atoms with Gasteiger partial charge in [0.1, 0.15) is 17.3 Å². The van der Waals surface area contributed by atoms with E-state index in [1.807, 2.05) is 5.32 Å². The standard InChI is InChI=1S/C16H17ClF4N2O4/c1-4-26-14(24)7-13(16(19,20)21)23-15(25)22-11-6-12(27-8(2)3)9(17)5-10(11)18/h5-8H,4H2,1-3H3,(H2,22,23,25)/b13-7-. The number of hydrogen-bond acceptors (Lipinski definition) is 4. The number of alkyl halides is 3. The van der Waals surface area contributed by atoms with Crippen molar-refractivity contribution in [2.45, 2.75) is 33.1 Å². The van der Waals surface area contributed by atoms with Gasteiger partial charge in [-0.2, -0.15) is 13.2 Å². The molecule has 27 heavy (non-hydrogen) atoms. The zero-order valence-corrected chi connectivity index (χ0v) is 15.3. The normalized spacial score (nSPS) is 12.0. The minimum absolute atomic E-state index is 0.0291. The number of allylic oxidation sites excluding steroid dienone is 1. The lowest BCUT2D eigenvalue weighted by Gasteiger charge is -2.16. The quantitative estimate of drug-likeness (QED) is 0.412. The smallest absolute Gasteiger partial charge is 0.431 e. The zero-order valence-electron chi connectivity index (χ0n) is 14.5. The molecule has 0 aliphatic heterocycles. The number of carbonyl (C=O) groups excluding carboxylic acids is 2. The van der Waals surface area contributed by atoms with Crippen LogP contribution in [-0.2, 0) is 9.53 Å². The van der Waals surface area contributed by atoms with Crippen LogP contribution in [0.15, 0.2) is 23.9 Å². The highest BCUT2D eigenvalue weighted by Crippen LogP contribution is 2.31. The maximum Gasteiger partial charge on any atom is 0.431 e. The predicted octanol–water partition coefficient (Wildman–Crippen LogP) is 4.40. The van der Waals surface area contributed by atoms with Crippen LogP contribution < -0.4 is 15.4 Å². The molecule has 0 fully saturated rings. The van der Waals surface area contributed by atoms with Crippen LogP contribution in [0.3, 0.4) is 0 Å². The van der Waals surface area contributed by atoms with E-state index in [1.54, 1.807) is 13.8 Å². The van der Waals surface area contributed by atoms with Gasteiger partial charge in [-0.25, -0.2) is 14.0 Å². The molecule has 0 aliphatic carbocycles. The number of anilines is 1. The largest absolute Gasteiger partial charge is 0.489 e. The van der Waals surface area contributed by atoms with Crippen molar-refractivity contribution in [3.05, 3.63) is 34.7 Å². The Kier molecular flexibility index (Phi) is 7.89. The van der Waals surface area contributed by atoms with Crippen LogP contribution in [0.2, 0.25) is 5.02 Å². The van der Waals surface area contributed by atoms with Crippen molar-refractivity contribution < 1.29 is 36.6 Å². The Bertz CT molecular complexity index is 736. The van der Waals surface area contributed by atoms with Crippen LogP contribution in [0, 0.1) is 5.82 Å². The Morgan fingerprint density at radius 3 is 2.44 bits per heavy atom. The van der Waals surface area contributed by atoms with E-state index in [2.05, 4.69) is 4.74 Å². The fourth-order valence-electron chi connectivity index (χ4n) is 1.74. The molecular weight excluding hydrogens is 396 g/mol. The third-order valence-corrected chi connectivity index (χ3v) is 3.03. The second kappa shape index (κ2) is 9.45. The van der Waals surface area contributed by atoms with Crippen molar-refractivity contribution in [3.63, 3.8) is 0 Å². The lowest BCUT2D eigenvalue weighted by atomic mass is 10.2. The minimum Gasteiger partial charge on any atom is -0.489 e. The molecule has 2 N–H and O–H groups in total. The number of benzene rings is 1. The SMILES string of the molecule is CCOC(=O)/C=C(\NC(=O)Nc1cc(OC(C)C)c(Cl)cc1F)C(F)(F)F. The lowest BCUT2D eigenvalue weighted by molar-refractivity contribution is -0.138. The fourth-order valence-corrected chi connectivity index (χ4v) is 1.93. The first-order chi connectivity index (χ1) is 12.4. The number of nitrogens with one attached hydrogen (secondary N) is 2. The van der Waals surface area contributed by atoms with Gasteiger partial charge in [0, 0.05) is 6.07 Å². The van der Waals surface area contributed by atoms with Crippen molar-refractivity contribution in [1.82, 2.24) is 5.32 Å². The van der Waals surface area contributed by atoms with Crippen molar-refractivity contribution >= 4 is 29.3 Å². The predicted molar refractivity (Wildman–Crippen MR) is 90.1 cm³/mol. The number of hydrogen-bond donors (Lipinski definition) is 2. The first-order valence-electron chi connectivity index (χ1n) is 7.63. The van der Waals surface area contributed by atoms with Gasteiger partial charge in [-0.1, -0.05) is 11.6 Å². The molecule has 2 amide bonds. The molecule has 0 spiro atoms. The lowest BCUT2D eigenvalue weighted by Crippen LogP contribution is -2.35. The molecule has 0 aromatic heterocycles. The van der Waals surface area contributed by atoms with E-state index in [0.29, 0.717) is 0 Å². The molecule has 0 radical (unpaired) electrons. The number of urea groups is 1. The summed E-state index contributed by atoms with van der Waals surface area (Å²) in [5.41, 5.74) is -2.14. The summed E-state index contributed by atoms with van der Waals surface area (Å²) in [5.74, 6) is -2.26. The molecule has 0 atom stereocenters. The number of carbonyl (C=O) groups is 2. The van der Waals surface area contributed by atoms with Gasteiger partial charge in [-0.3, -0.25) is 0 Å². The van der Waals surface area contributed by atoms with Crippen molar-refractivity contribution in [1.29, 1.82) is 0 Å². The molecule has 0 heterocycles. The Labute approximate surface area is 157 Å². The molecular formula is C16H17ClF4N2O4. The summed E-state index contributed by atoms with van der Waals surface area (Å²) in [4.78, 5) is 23.0. The molecule has 150 valence electrons. The van der Waals surface area contributed by atoms with Crippen LogP contribution >= 0.6 is 11.6 Å². The highest BCUT2D eigenvalue weighted by atomic mass is 35.5. The Balaban J connectivity index is 3.01. The third kappa shape index (κ3) is 7.33. The molecule has 1 aromatic carbocycles. The maximum absolute atomic E-state index is 13.9. The summed E-state index contributed by atoms with van der Waals surface area (Å²) < 4.78 is 62.4. The van der Waals surface area contributed by atoms with Crippen molar-refractivity contribution in [2.75, 3.05) is 11.9 Å². The van der Waals surface area contributed by atoms with E-state index in [4.69, 9.17) is 16.3 Å². The Hall–Kier alpha value is -2.49. The molecule has 0 saturated carbocycles. The second-order valence-electron chi connectivity index (χ2n) is 5.32. The van der Waals surface area contributed by atoms with Crippen molar-refractivity contribution in [2.24, 2.45) is 0 Å². The van der Waals surface area contributed by atoms with Gasteiger partial charge in [0.15, 0.2) is 0 Å². The summed E-state index contributed by atoms with van der Waals surface area (Å²) in [6, 6.07) is 0.438. The molecule has 11 heteroatoms. The zero-order chi connectivity index (χ0) is 20.8. The van der Waals surface area contributed by atoms with Gasteiger partial charge >= 0.3 is 18.2 Å². The van der Waals surface area contributed by atoms with Crippen molar-refractivity contribution in [3.8, 4) is 5.75 Å². The molecule has 6 nitrogen and oxygen atoms in total. The highest BCUT2D eigenvalue weighted by molar-refractivity contribution is 6.32. The minimum atomic E-state index is -5.05. The van der Waals surface area contributed by atoms with Gasteiger partial charge < -0.3 is 20.1 Å². The summed E-state index contributed by atoms with van der Waals surface area (Å²) in [5, 5.41) is 3.27. The average molecular weight is 413 g/mol. The topological polar surface area (TPSA) is 76.7 Å². The summed E-state index contributed by atoms with van der Waals surface area (Å²) >= 11 is 5.81. The molecule has 0 bridgehead atoms. The fraction of sp³-hybridized carbons (Fsp3) is 0.375. The number of halogens is 5. The first kappa shape index (κ1) is 22.6. The van der Waals surface area contributed by atoms with E-state index in [1.165, 1.54) is 12.2 Å². The molecule has 0 saturated heterocycles. The molecule has 1 aromatic rings. The van der Waals surface area contributed by atoms with Gasteiger partial charge in [-0.15, -0.1) is 0 Å². The van der Waals surface area contributed by atoms with E-state index in [-0.39, 0.29) is 29.6 Å². The number of rotatable bonds is 6. The third-order valence-electron chi connectivity index (χ3n) is 2.73. The number of amides is 2. The van der Waals surface area contributed by atoms with Gasteiger partial charge in [0.2, 0.25) is 0 Å². The Morgan fingerprint density at radius 2 is 1.93 bits per heavy atom. The average Bonchev–Trinajstić information content (AvgIpc) is 2.50. The highest BCUT2D eigenvalue weighted by Gasteiger charge is 2.36. The van der Waals surface area contributed by atoms with Crippen LogP contribution in [0.25, 0.3) is 0 Å². The first-order valence-corrected chi connectivity index (χ1v) is 8.01. The molecule has 0 aliphatic rings. The van der Waals surface area contributed by atoms with Gasteiger partial charge in [0.25, 0.3) is 0 Å². The van der Waals surface area contributed by atoms with Crippen LogP contribution in [0.1, 0.15) is 20.8 Å². The van der Waals surface area contributed by atoms with E-state index in [9.17, 15) is 27.2 Å². The summed E-state index contributed by atoms with van der Waals surface area (Å²) in [6.07, 6.45) is -5.29. The van der Waals surface area contributed by atoms with Crippen LogP contribution in [-0.4, -0.2) is 30.9 Å². The maximum atomic E-state index is 13.9. The molecule has 1 rings (SSSR count). The Morgan fingerprint density at radius 1 is 1.30 bits per heavy atom. The van der Waals surface area contributed by atoms with Gasteiger partial charge in [0.05, 0.1) is 29.5 Å². The van der Waals surface area contributed by atoms with Crippen LogP contribution in [0.5, 0.6) is 5.75 Å². The van der Waals surface area contributed by atoms with E-state index < -0.39 is 35.4 Å². The van der Waals surface area contributed by atoms with Gasteiger partial charge in [-0.05, 0) is 26.8 Å². The van der Waals surface area contributed by atoms with E-state index in [0.717, 1.165) is 12.1 Å². The number of ether oxygens (including phenoxy) is 2. The molecule has 0 unspecified atom stereocenters.